The molecule has 124 valence electrons. The number of nitrogens with zero attached hydrogens (tertiary/aromatic N) is 2. The Labute approximate surface area is 156 Å². The number of ether oxygens (including phenoxy) is 1. The van der Waals surface area contributed by atoms with Gasteiger partial charge in [0, 0.05) is 15.6 Å². The Bertz CT molecular complexity index is 930. The van der Waals surface area contributed by atoms with E-state index in [0.29, 0.717) is 11.4 Å². The van der Waals surface area contributed by atoms with E-state index in [1.54, 1.807) is 0 Å². The maximum atomic E-state index is 9.70. The minimum absolute atomic E-state index is 0.0685. The second kappa shape index (κ2) is 7.50. The van der Waals surface area contributed by atoms with Crippen LogP contribution in [0.2, 0.25) is 0 Å². The van der Waals surface area contributed by atoms with Crippen LogP contribution in [-0.4, -0.2) is 11.1 Å². The van der Waals surface area contributed by atoms with Gasteiger partial charge < -0.3 is 4.74 Å². The summed E-state index contributed by atoms with van der Waals surface area (Å²) in [6, 6.07) is 22.0. The summed E-state index contributed by atoms with van der Waals surface area (Å²) in [5, 5.41) is 9.70. The molecule has 4 heteroatoms. The number of hydrogen-bond donors (Lipinski definition) is 0. The van der Waals surface area contributed by atoms with Gasteiger partial charge in [0.05, 0.1) is 11.8 Å². The van der Waals surface area contributed by atoms with Crippen LogP contribution in [0.3, 0.4) is 0 Å². The molecule has 0 N–H and O–H groups in total. The number of nitriles is 1. The predicted octanol–water partition coefficient (Wildman–Crippen LogP) is 5.84. The summed E-state index contributed by atoms with van der Waals surface area (Å²) in [5.41, 5.74) is 3.98. The molecule has 0 amide bonds. The molecule has 3 rings (SSSR count). The molecule has 25 heavy (non-hydrogen) atoms. The van der Waals surface area contributed by atoms with E-state index in [2.05, 4.69) is 27.0 Å². The highest BCUT2D eigenvalue weighted by atomic mass is 79.9. The molecule has 0 fully saturated rings. The molecule has 1 heterocycles. The first-order chi connectivity index (χ1) is 12.1. The largest absolute Gasteiger partial charge is 0.474 e. The zero-order chi connectivity index (χ0) is 17.8. The second-order valence-electron chi connectivity index (χ2n) is 5.89. The predicted molar refractivity (Wildman–Crippen MR) is 103 cm³/mol. The maximum Gasteiger partial charge on any atom is 0.233 e. The van der Waals surface area contributed by atoms with Crippen LogP contribution < -0.4 is 4.74 Å². The van der Waals surface area contributed by atoms with Crippen molar-refractivity contribution in [3.8, 4) is 34.3 Å². The number of rotatable bonds is 4. The number of pyridine rings is 1. The Morgan fingerprint density at radius 3 is 2.36 bits per heavy atom. The molecular formula is C21H17BrN2O. The van der Waals surface area contributed by atoms with Crippen molar-refractivity contribution in [2.75, 3.05) is 0 Å². The molecule has 2 aromatic carbocycles. The van der Waals surface area contributed by atoms with Crippen LogP contribution in [0.15, 0.2) is 65.1 Å². The Morgan fingerprint density at radius 1 is 1.00 bits per heavy atom. The maximum absolute atomic E-state index is 9.70. The summed E-state index contributed by atoms with van der Waals surface area (Å²) < 4.78 is 6.82. The highest BCUT2D eigenvalue weighted by molar-refractivity contribution is 9.10. The Morgan fingerprint density at radius 2 is 1.72 bits per heavy atom. The topological polar surface area (TPSA) is 45.9 Å². The zero-order valence-electron chi connectivity index (χ0n) is 14.0. The quantitative estimate of drug-likeness (QED) is 0.560. The van der Waals surface area contributed by atoms with E-state index in [4.69, 9.17) is 4.74 Å². The monoisotopic (exact) mass is 392 g/mol. The van der Waals surface area contributed by atoms with Crippen LogP contribution in [-0.2, 0) is 0 Å². The molecule has 0 saturated carbocycles. The van der Waals surface area contributed by atoms with Crippen LogP contribution in [0.5, 0.6) is 5.88 Å². The van der Waals surface area contributed by atoms with E-state index in [1.807, 2.05) is 74.5 Å². The van der Waals surface area contributed by atoms with Gasteiger partial charge in [0.1, 0.15) is 11.6 Å². The highest BCUT2D eigenvalue weighted by Gasteiger charge is 2.17. The summed E-state index contributed by atoms with van der Waals surface area (Å²) >= 11 is 3.50. The van der Waals surface area contributed by atoms with Gasteiger partial charge in [0.25, 0.3) is 0 Å². The third kappa shape index (κ3) is 3.89. The lowest BCUT2D eigenvalue weighted by Crippen LogP contribution is -2.09. The minimum Gasteiger partial charge on any atom is -0.474 e. The standard InChI is InChI=1S/C21H17BrN2O/c1-14(2)25-21-19(13-23)18(15-7-4-3-5-8-15)12-20(24-21)16-9-6-10-17(22)11-16/h3-12,14H,1-2H3. The molecular weight excluding hydrogens is 376 g/mol. The van der Waals surface area contributed by atoms with Crippen molar-refractivity contribution in [2.24, 2.45) is 0 Å². The van der Waals surface area contributed by atoms with E-state index in [1.165, 1.54) is 0 Å². The van der Waals surface area contributed by atoms with Gasteiger partial charge in [0.15, 0.2) is 0 Å². The van der Waals surface area contributed by atoms with Crippen molar-refractivity contribution in [3.05, 3.63) is 70.7 Å². The van der Waals surface area contributed by atoms with E-state index in [9.17, 15) is 5.26 Å². The smallest absolute Gasteiger partial charge is 0.233 e. The fourth-order valence-electron chi connectivity index (χ4n) is 2.58. The summed E-state index contributed by atoms with van der Waals surface area (Å²) in [4.78, 5) is 4.62. The van der Waals surface area contributed by atoms with Crippen LogP contribution in [0.4, 0.5) is 0 Å². The van der Waals surface area contributed by atoms with Crippen LogP contribution in [0.1, 0.15) is 19.4 Å². The van der Waals surface area contributed by atoms with Gasteiger partial charge in [0.2, 0.25) is 5.88 Å². The van der Waals surface area contributed by atoms with Crippen molar-refractivity contribution in [1.82, 2.24) is 4.98 Å². The summed E-state index contributed by atoms with van der Waals surface area (Å²) in [6.45, 7) is 3.85. The third-order valence-electron chi connectivity index (χ3n) is 3.65. The van der Waals surface area contributed by atoms with E-state index in [-0.39, 0.29) is 6.10 Å². The van der Waals surface area contributed by atoms with Gasteiger partial charge in [-0.15, -0.1) is 0 Å². The number of halogens is 1. The first kappa shape index (κ1) is 17.2. The summed E-state index contributed by atoms with van der Waals surface area (Å²) in [7, 11) is 0. The van der Waals surface area contributed by atoms with Crippen LogP contribution in [0, 0.1) is 11.3 Å². The normalized spacial score (nSPS) is 10.5. The molecule has 0 aliphatic carbocycles. The van der Waals surface area contributed by atoms with Gasteiger partial charge in [-0.2, -0.15) is 5.26 Å². The average molecular weight is 393 g/mol. The lowest BCUT2D eigenvalue weighted by atomic mass is 9.99. The molecule has 0 spiro atoms. The zero-order valence-corrected chi connectivity index (χ0v) is 15.6. The fraction of sp³-hybridized carbons (Fsp3) is 0.143. The Hall–Kier alpha value is -2.64. The first-order valence-electron chi connectivity index (χ1n) is 8.01. The number of aromatic nitrogens is 1. The lowest BCUT2D eigenvalue weighted by molar-refractivity contribution is 0.232. The minimum atomic E-state index is -0.0685. The molecule has 0 atom stereocenters. The summed E-state index contributed by atoms with van der Waals surface area (Å²) in [5.74, 6) is 0.369. The average Bonchev–Trinajstić information content (AvgIpc) is 2.61. The lowest BCUT2D eigenvalue weighted by Gasteiger charge is -2.15. The molecule has 3 nitrogen and oxygen atoms in total. The van der Waals surface area contributed by atoms with Crippen molar-refractivity contribution in [2.45, 2.75) is 20.0 Å². The third-order valence-corrected chi connectivity index (χ3v) is 4.14. The molecule has 3 aromatic rings. The van der Waals surface area contributed by atoms with Crippen molar-refractivity contribution < 1.29 is 4.74 Å². The fourth-order valence-corrected chi connectivity index (χ4v) is 2.98. The van der Waals surface area contributed by atoms with Gasteiger partial charge in [-0.1, -0.05) is 58.4 Å². The Balaban J connectivity index is 2.26. The van der Waals surface area contributed by atoms with E-state index in [0.717, 1.165) is 26.9 Å². The SMILES string of the molecule is CC(C)Oc1nc(-c2cccc(Br)c2)cc(-c2ccccc2)c1C#N. The molecule has 0 aliphatic heterocycles. The molecule has 0 radical (unpaired) electrons. The van der Waals surface area contributed by atoms with Gasteiger partial charge >= 0.3 is 0 Å². The molecule has 0 bridgehead atoms. The van der Waals surface area contributed by atoms with Crippen LogP contribution >= 0.6 is 15.9 Å². The van der Waals surface area contributed by atoms with E-state index >= 15 is 0 Å². The van der Waals surface area contributed by atoms with E-state index < -0.39 is 0 Å². The van der Waals surface area contributed by atoms with Crippen molar-refractivity contribution >= 4 is 15.9 Å². The highest BCUT2D eigenvalue weighted by Crippen LogP contribution is 2.34. The van der Waals surface area contributed by atoms with Crippen molar-refractivity contribution in [3.63, 3.8) is 0 Å². The molecule has 0 saturated heterocycles. The van der Waals surface area contributed by atoms with Crippen molar-refractivity contribution in [1.29, 1.82) is 5.26 Å². The first-order valence-corrected chi connectivity index (χ1v) is 8.81. The number of hydrogen-bond acceptors (Lipinski definition) is 3. The molecule has 1 aromatic heterocycles. The van der Waals surface area contributed by atoms with Gasteiger partial charge in [-0.05, 0) is 37.6 Å². The molecule has 0 aliphatic rings. The Kier molecular flexibility index (Phi) is 5.16. The molecule has 0 unspecified atom stereocenters. The summed E-state index contributed by atoms with van der Waals surface area (Å²) in [6.07, 6.45) is -0.0685. The van der Waals surface area contributed by atoms with Gasteiger partial charge in [-0.3, -0.25) is 0 Å². The number of benzene rings is 2. The van der Waals surface area contributed by atoms with Crippen LogP contribution in [0.25, 0.3) is 22.4 Å². The van der Waals surface area contributed by atoms with Gasteiger partial charge in [-0.25, -0.2) is 4.98 Å². The second-order valence-corrected chi connectivity index (χ2v) is 6.81.